The molecule has 0 aliphatic heterocycles. The molecule has 0 unspecified atom stereocenters. The summed E-state index contributed by atoms with van der Waals surface area (Å²) in [6.07, 6.45) is 0.822. The average molecular weight is 382 g/mol. The topological polar surface area (TPSA) is 73.8 Å². The monoisotopic (exact) mass is 382 g/mol. The van der Waals surface area contributed by atoms with Crippen molar-refractivity contribution in [2.24, 2.45) is 0 Å². The average Bonchev–Trinajstić information content (AvgIpc) is 3.17. The van der Waals surface area contributed by atoms with E-state index >= 15 is 0 Å². The Morgan fingerprint density at radius 1 is 1.04 bits per heavy atom. The molecule has 6 nitrogen and oxygen atoms in total. The van der Waals surface area contributed by atoms with Crippen LogP contribution in [0, 0.1) is 18.6 Å². The van der Waals surface area contributed by atoms with Crippen molar-refractivity contribution in [1.29, 1.82) is 0 Å². The van der Waals surface area contributed by atoms with Crippen LogP contribution in [-0.2, 0) is 6.54 Å². The van der Waals surface area contributed by atoms with Crippen LogP contribution in [0.15, 0.2) is 45.7 Å². The molecule has 142 valence electrons. The summed E-state index contributed by atoms with van der Waals surface area (Å²) in [4.78, 5) is 21.0. The summed E-state index contributed by atoms with van der Waals surface area (Å²) in [5.74, 6) is -1.57. The van der Waals surface area contributed by atoms with Crippen molar-refractivity contribution < 1.29 is 13.3 Å². The Kier molecular flexibility index (Phi) is 4.46. The van der Waals surface area contributed by atoms with Gasteiger partial charge >= 0.3 is 0 Å². The first-order valence-corrected chi connectivity index (χ1v) is 8.78. The van der Waals surface area contributed by atoms with E-state index in [0.717, 1.165) is 24.1 Å². The molecule has 0 N–H and O–H groups in total. The highest BCUT2D eigenvalue weighted by Crippen LogP contribution is 2.25. The second-order valence-corrected chi connectivity index (χ2v) is 6.41. The Morgan fingerprint density at radius 3 is 2.57 bits per heavy atom. The minimum Gasteiger partial charge on any atom is -0.334 e. The third-order valence-corrected chi connectivity index (χ3v) is 4.41. The summed E-state index contributed by atoms with van der Waals surface area (Å²) in [7, 11) is 0. The predicted molar refractivity (Wildman–Crippen MR) is 99.7 cm³/mol. The van der Waals surface area contributed by atoms with Crippen LogP contribution in [0.5, 0.6) is 0 Å². The van der Waals surface area contributed by atoms with Gasteiger partial charge in [-0.15, -0.1) is 0 Å². The first-order chi connectivity index (χ1) is 13.5. The van der Waals surface area contributed by atoms with Gasteiger partial charge in [0.1, 0.15) is 5.69 Å². The third-order valence-electron chi connectivity index (χ3n) is 4.41. The van der Waals surface area contributed by atoms with Crippen LogP contribution in [0.3, 0.4) is 0 Å². The number of hydrogen-bond acceptors (Lipinski definition) is 5. The summed E-state index contributed by atoms with van der Waals surface area (Å²) < 4.78 is 33.4. The first-order valence-electron chi connectivity index (χ1n) is 8.78. The van der Waals surface area contributed by atoms with Gasteiger partial charge in [-0.1, -0.05) is 12.1 Å². The predicted octanol–water partition coefficient (Wildman–Crippen LogP) is 4.11. The molecule has 8 heteroatoms. The highest BCUT2D eigenvalue weighted by molar-refractivity contribution is 5.80. The van der Waals surface area contributed by atoms with Crippen molar-refractivity contribution in [1.82, 2.24) is 19.7 Å². The van der Waals surface area contributed by atoms with Crippen molar-refractivity contribution in [2.75, 3.05) is 0 Å². The van der Waals surface area contributed by atoms with Crippen molar-refractivity contribution >= 4 is 11.0 Å². The number of hydrogen-bond donors (Lipinski definition) is 0. The van der Waals surface area contributed by atoms with Crippen molar-refractivity contribution in [3.8, 4) is 22.8 Å². The first kappa shape index (κ1) is 18.0. The molecule has 4 aromatic rings. The largest absolute Gasteiger partial charge is 0.334 e. The fourth-order valence-electron chi connectivity index (χ4n) is 3.05. The molecule has 2 aromatic carbocycles. The van der Waals surface area contributed by atoms with E-state index in [9.17, 15) is 13.6 Å². The molecule has 0 spiro atoms. The van der Waals surface area contributed by atoms with Crippen LogP contribution < -0.4 is 5.56 Å². The lowest BCUT2D eigenvalue weighted by Crippen LogP contribution is -2.24. The normalized spacial score (nSPS) is 11.3. The lowest BCUT2D eigenvalue weighted by molar-refractivity contribution is 0.431. The Labute approximate surface area is 158 Å². The minimum atomic E-state index is -0.989. The molecule has 28 heavy (non-hydrogen) atoms. The van der Waals surface area contributed by atoms with Crippen molar-refractivity contribution in [2.45, 2.75) is 26.8 Å². The van der Waals surface area contributed by atoms with E-state index in [2.05, 4.69) is 15.1 Å². The zero-order chi connectivity index (χ0) is 19.8. The molecule has 0 fully saturated rings. The minimum absolute atomic E-state index is 0.0779. The smallest absolute Gasteiger partial charge is 0.272 e. The molecule has 0 aliphatic rings. The van der Waals surface area contributed by atoms with Crippen molar-refractivity contribution in [3.05, 3.63) is 64.1 Å². The standard InChI is InChI=1S/C20H16F2N4O2/c1-3-8-26-17-7-5-12(10-16(17)23-11(2)20(26)27)18-24-19(28-25-18)13-4-6-14(21)15(22)9-13/h4-7,9-10H,3,8H2,1-2H3. The van der Waals surface area contributed by atoms with Gasteiger partial charge < -0.3 is 9.09 Å². The Morgan fingerprint density at radius 2 is 1.82 bits per heavy atom. The van der Waals surface area contributed by atoms with Crippen LogP contribution >= 0.6 is 0 Å². The van der Waals surface area contributed by atoms with Gasteiger partial charge in [0.15, 0.2) is 11.6 Å². The van der Waals surface area contributed by atoms with Gasteiger partial charge in [0.05, 0.1) is 11.0 Å². The maximum absolute atomic E-state index is 13.4. The molecule has 4 rings (SSSR count). The summed E-state index contributed by atoms with van der Waals surface area (Å²) >= 11 is 0. The maximum Gasteiger partial charge on any atom is 0.272 e. The van der Waals surface area contributed by atoms with Gasteiger partial charge in [0.2, 0.25) is 5.82 Å². The number of rotatable bonds is 4. The van der Waals surface area contributed by atoms with Gasteiger partial charge in [0, 0.05) is 17.7 Å². The lowest BCUT2D eigenvalue weighted by atomic mass is 10.1. The van der Waals surface area contributed by atoms with Gasteiger partial charge in [-0.05, 0) is 49.7 Å². The fraction of sp³-hybridized carbons (Fsp3) is 0.200. The van der Waals surface area contributed by atoms with E-state index in [-0.39, 0.29) is 22.8 Å². The number of nitrogens with zero attached hydrogens (tertiary/aromatic N) is 4. The highest BCUT2D eigenvalue weighted by Gasteiger charge is 2.15. The molecule has 2 aromatic heterocycles. The van der Waals surface area contributed by atoms with E-state index in [4.69, 9.17) is 4.52 Å². The third kappa shape index (κ3) is 3.06. The zero-order valence-electron chi connectivity index (χ0n) is 15.2. The molecular formula is C20H16F2N4O2. The number of aryl methyl sites for hydroxylation is 2. The van der Waals surface area contributed by atoms with Crippen LogP contribution in [0.2, 0.25) is 0 Å². The van der Waals surface area contributed by atoms with Gasteiger partial charge in [-0.2, -0.15) is 4.98 Å². The van der Waals surface area contributed by atoms with Crippen LogP contribution in [0.25, 0.3) is 33.9 Å². The Bertz CT molecular complexity index is 1250. The number of halogens is 2. The molecule has 0 radical (unpaired) electrons. The molecule has 2 heterocycles. The highest BCUT2D eigenvalue weighted by atomic mass is 19.2. The number of benzene rings is 2. The van der Waals surface area contributed by atoms with E-state index in [1.54, 1.807) is 29.7 Å². The second-order valence-electron chi connectivity index (χ2n) is 6.41. The van der Waals surface area contributed by atoms with Crippen LogP contribution in [-0.4, -0.2) is 19.7 Å². The molecule has 0 amide bonds. The maximum atomic E-state index is 13.4. The molecule has 0 bridgehead atoms. The molecular weight excluding hydrogens is 366 g/mol. The van der Waals surface area contributed by atoms with Gasteiger partial charge in [-0.25, -0.2) is 13.8 Å². The lowest BCUT2D eigenvalue weighted by Gasteiger charge is -2.10. The van der Waals surface area contributed by atoms with E-state index in [1.807, 2.05) is 6.92 Å². The van der Waals surface area contributed by atoms with Crippen LogP contribution in [0.4, 0.5) is 8.78 Å². The summed E-state index contributed by atoms with van der Waals surface area (Å²) in [5.41, 5.74) is 2.59. The molecule has 0 saturated carbocycles. The Balaban J connectivity index is 1.78. The summed E-state index contributed by atoms with van der Waals surface area (Å²) in [6.45, 7) is 4.28. The zero-order valence-corrected chi connectivity index (χ0v) is 15.2. The number of aromatic nitrogens is 4. The fourth-order valence-corrected chi connectivity index (χ4v) is 3.05. The molecule has 0 atom stereocenters. The van der Waals surface area contributed by atoms with Crippen molar-refractivity contribution in [3.63, 3.8) is 0 Å². The second kappa shape index (κ2) is 6.95. The Hall–Kier alpha value is -3.42. The molecule has 0 aliphatic carbocycles. The van der Waals surface area contributed by atoms with Crippen LogP contribution in [0.1, 0.15) is 19.0 Å². The quantitative estimate of drug-likeness (QED) is 0.531. The summed E-state index contributed by atoms with van der Waals surface area (Å²) in [5, 5.41) is 3.92. The van der Waals surface area contributed by atoms with Gasteiger partial charge in [0.25, 0.3) is 11.4 Å². The number of fused-ring (bicyclic) bond motifs is 1. The van der Waals surface area contributed by atoms with E-state index in [1.165, 1.54) is 6.07 Å². The van der Waals surface area contributed by atoms with Gasteiger partial charge in [-0.3, -0.25) is 4.79 Å². The molecule has 0 saturated heterocycles. The van der Waals surface area contributed by atoms with E-state index < -0.39 is 11.6 Å². The summed E-state index contributed by atoms with van der Waals surface area (Å²) in [6, 6.07) is 8.70. The van der Waals surface area contributed by atoms with E-state index in [0.29, 0.717) is 23.3 Å². The SMILES string of the molecule is CCCn1c(=O)c(C)nc2cc(-c3noc(-c4ccc(F)c(F)c4)n3)ccc21.